The molecule has 0 aliphatic rings. The van der Waals surface area contributed by atoms with E-state index >= 15 is 0 Å². The van der Waals surface area contributed by atoms with Gasteiger partial charge >= 0.3 is 0 Å². The summed E-state index contributed by atoms with van der Waals surface area (Å²) >= 11 is 0. The minimum absolute atomic E-state index is 0.0153. The van der Waals surface area contributed by atoms with Gasteiger partial charge in [0.15, 0.2) is 0 Å². The second-order valence-electron chi connectivity index (χ2n) is 3.57. The van der Waals surface area contributed by atoms with Crippen LogP contribution in [0.5, 0.6) is 11.5 Å². The van der Waals surface area contributed by atoms with E-state index in [1.54, 1.807) is 24.3 Å². The van der Waals surface area contributed by atoms with Gasteiger partial charge in [-0.25, -0.2) is 0 Å². The number of benzene rings is 2. The lowest BCUT2D eigenvalue weighted by Gasteiger charge is -2.08. The zero-order valence-corrected chi connectivity index (χ0v) is 9.58. The molecular weight excluding hydrogens is 230 g/mol. The van der Waals surface area contributed by atoms with Crippen LogP contribution in [0.1, 0.15) is 5.56 Å². The standard InChI is InChI=1S/C14H11NO3/c1-2-12-13(15(16)17)9-6-10-14(12)18-11-7-4-3-5-8-11/h2-10H,1H2. The topological polar surface area (TPSA) is 52.4 Å². The van der Waals surface area contributed by atoms with Crippen molar-refractivity contribution in [3.63, 3.8) is 0 Å². The average molecular weight is 241 g/mol. The highest BCUT2D eigenvalue weighted by molar-refractivity contribution is 5.66. The van der Waals surface area contributed by atoms with Crippen molar-refractivity contribution in [1.29, 1.82) is 0 Å². The number of nitro groups is 1. The van der Waals surface area contributed by atoms with Gasteiger partial charge < -0.3 is 4.74 Å². The van der Waals surface area contributed by atoms with Crippen LogP contribution in [-0.4, -0.2) is 4.92 Å². The molecule has 4 heteroatoms. The first kappa shape index (κ1) is 11.9. The fourth-order valence-corrected chi connectivity index (χ4v) is 1.60. The molecule has 0 fully saturated rings. The summed E-state index contributed by atoms with van der Waals surface area (Å²) in [5, 5.41) is 10.9. The van der Waals surface area contributed by atoms with E-state index in [9.17, 15) is 10.1 Å². The Balaban J connectivity index is 2.42. The third-order valence-corrected chi connectivity index (χ3v) is 2.41. The number of hydrogen-bond acceptors (Lipinski definition) is 3. The number of nitrogens with zero attached hydrogens (tertiary/aromatic N) is 1. The van der Waals surface area contributed by atoms with Gasteiger partial charge in [0, 0.05) is 6.07 Å². The van der Waals surface area contributed by atoms with Crippen LogP contribution in [0, 0.1) is 10.1 Å². The van der Waals surface area contributed by atoms with Crippen LogP contribution in [0.2, 0.25) is 0 Å². The van der Waals surface area contributed by atoms with E-state index in [4.69, 9.17) is 4.74 Å². The van der Waals surface area contributed by atoms with Crippen LogP contribution in [0.15, 0.2) is 55.1 Å². The molecule has 18 heavy (non-hydrogen) atoms. The highest BCUT2D eigenvalue weighted by Crippen LogP contribution is 2.32. The number of ether oxygens (including phenoxy) is 1. The van der Waals surface area contributed by atoms with E-state index in [0.29, 0.717) is 17.1 Å². The zero-order chi connectivity index (χ0) is 13.0. The van der Waals surface area contributed by atoms with E-state index < -0.39 is 4.92 Å². The highest BCUT2D eigenvalue weighted by Gasteiger charge is 2.15. The monoisotopic (exact) mass is 241 g/mol. The Labute approximate surface area is 104 Å². The summed E-state index contributed by atoms with van der Waals surface area (Å²) in [6.45, 7) is 3.59. The third-order valence-electron chi connectivity index (χ3n) is 2.41. The molecule has 0 heterocycles. The van der Waals surface area contributed by atoms with Gasteiger partial charge in [-0.15, -0.1) is 0 Å². The van der Waals surface area contributed by atoms with Crippen molar-refractivity contribution in [3.05, 3.63) is 70.8 Å². The molecule has 0 radical (unpaired) electrons. The maximum absolute atomic E-state index is 10.9. The number of nitro benzene ring substituents is 1. The third kappa shape index (κ3) is 2.38. The van der Waals surface area contributed by atoms with Crippen LogP contribution in [0.25, 0.3) is 6.08 Å². The molecule has 0 spiro atoms. The normalized spacial score (nSPS) is 9.78. The molecule has 0 unspecified atom stereocenters. The molecule has 90 valence electrons. The first-order valence-corrected chi connectivity index (χ1v) is 5.35. The molecule has 0 aliphatic heterocycles. The average Bonchev–Trinajstić information content (AvgIpc) is 2.39. The van der Waals surface area contributed by atoms with Gasteiger partial charge in [0.1, 0.15) is 11.5 Å². The summed E-state index contributed by atoms with van der Waals surface area (Å²) in [5.41, 5.74) is 0.366. The van der Waals surface area contributed by atoms with Gasteiger partial charge in [-0.1, -0.05) is 36.9 Å². The molecule has 0 saturated heterocycles. The summed E-state index contributed by atoms with van der Waals surface area (Å²) in [6.07, 6.45) is 1.43. The Kier molecular flexibility index (Phi) is 3.38. The first-order valence-electron chi connectivity index (χ1n) is 5.35. The Bertz CT molecular complexity index is 579. The smallest absolute Gasteiger partial charge is 0.280 e. The predicted octanol–water partition coefficient (Wildman–Crippen LogP) is 4.03. The van der Waals surface area contributed by atoms with Crippen molar-refractivity contribution in [2.45, 2.75) is 0 Å². The molecule has 0 aliphatic carbocycles. The molecule has 2 aromatic carbocycles. The molecule has 2 rings (SSSR count). The number of para-hydroxylation sites is 1. The lowest BCUT2D eigenvalue weighted by Crippen LogP contribution is -1.94. The zero-order valence-electron chi connectivity index (χ0n) is 9.58. The molecule has 4 nitrogen and oxygen atoms in total. The van der Waals surface area contributed by atoms with Crippen LogP contribution >= 0.6 is 0 Å². The summed E-state index contributed by atoms with van der Waals surface area (Å²) in [6, 6.07) is 13.8. The van der Waals surface area contributed by atoms with Crippen molar-refractivity contribution in [3.8, 4) is 11.5 Å². The van der Waals surface area contributed by atoms with Gasteiger partial charge in [0.05, 0.1) is 10.5 Å². The molecular formula is C14H11NO3. The highest BCUT2D eigenvalue weighted by atomic mass is 16.6. The van der Waals surface area contributed by atoms with E-state index in [1.165, 1.54) is 12.1 Å². The van der Waals surface area contributed by atoms with Gasteiger partial charge in [0.2, 0.25) is 0 Å². The second-order valence-corrected chi connectivity index (χ2v) is 3.57. The number of hydrogen-bond donors (Lipinski definition) is 0. The van der Waals surface area contributed by atoms with E-state index in [-0.39, 0.29) is 5.69 Å². The molecule has 0 bridgehead atoms. The Hall–Kier alpha value is -2.62. The first-order chi connectivity index (χ1) is 8.72. The predicted molar refractivity (Wildman–Crippen MR) is 69.7 cm³/mol. The minimum Gasteiger partial charge on any atom is -0.456 e. The maximum Gasteiger partial charge on any atom is 0.280 e. The van der Waals surface area contributed by atoms with E-state index in [0.717, 1.165) is 0 Å². The van der Waals surface area contributed by atoms with Crippen LogP contribution in [0.4, 0.5) is 5.69 Å². The molecule has 0 N–H and O–H groups in total. The van der Waals surface area contributed by atoms with Crippen molar-refractivity contribution in [2.24, 2.45) is 0 Å². The SMILES string of the molecule is C=Cc1c(Oc2ccccc2)cccc1[N+](=O)[O-]. The molecule has 2 aromatic rings. The van der Waals surface area contributed by atoms with Crippen LogP contribution in [0.3, 0.4) is 0 Å². The largest absolute Gasteiger partial charge is 0.456 e. The maximum atomic E-state index is 10.9. The van der Waals surface area contributed by atoms with E-state index in [1.807, 2.05) is 18.2 Å². The lowest BCUT2D eigenvalue weighted by atomic mass is 10.1. The summed E-state index contributed by atoms with van der Waals surface area (Å²) in [7, 11) is 0. The van der Waals surface area contributed by atoms with Gasteiger partial charge in [-0.05, 0) is 18.2 Å². The van der Waals surface area contributed by atoms with Crippen molar-refractivity contribution < 1.29 is 9.66 Å². The Morgan fingerprint density at radius 3 is 2.44 bits per heavy atom. The number of rotatable bonds is 4. The summed E-state index contributed by atoms with van der Waals surface area (Å²) in [5.74, 6) is 1.05. The fourth-order valence-electron chi connectivity index (χ4n) is 1.60. The minimum atomic E-state index is -0.450. The quantitative estimate of drug-likeness (QED) is 0.599. The Morgan fingerprint density at radius 2 is 1.83 bits per heavy atom. The van der Waals surface area contributed by atoms with Crippen LogP contribution < -0.4 is 4.74 Å². The molecule has 0 saturated carbocycles. The van der Waals surface area contributed by atoms with Crippen molar-refractivity contribution >= 4 is 11.8 Å². The van der Waals surface area contributed by atoms with Gasteiger partial charge in [-0.3, -0.25) is 10.1 Å². The van der Waals surface area contributed by atoms with Gasteiger partial charge in [0.25, 0.3) is 5.69 Å². The molecule has 0 amide bonds. The van der Waals surface area contributed by atoms with Gasteiger partial charge in [-0.2, -0.15) is 0 Å². The fraction of sp³-hybridized carbons (Fsp3) is 0. The lowest BCUT2D eigenvalue weighted by molar-refractivity contribution is -0.385. The molecule has 0 aromatic heterocycles. The van der Waals surface area contributed by atoms with Crippen molar-refractivity contribution in [1.82, 2.24) is 0 Å². The van der Waals surface area contributed by atoms with Crippen LogP contribution in [-0.2, 0) is 0 Å². The second kappa shape index (κ2) is 5.14. The van der Waals surface area contributed by atoms with Crippen molar-refractivity contribution in [2.75, 3.05) is 0 Å². The Morgan fingerprint density at radius 1 is 1.11 bits per heavy atom. The van der Waals surface area contributed by atoms with E-state index in [2.05, 4.69) is 6.58 Å². The summed E-state index contributed by atoms with van der Waals surface area (Å²) < 4.78 is 5.62. The summed E-state index contributed by atoms with van der Waals surface area (Å²) in [4.78, 5) is 10.4. The molecule has 0 atom stereocenters.